The normalized spacial score (nSPS) is 13.8. The summed E-state index contributed by atoms with van der Waals surface area (Å²) in [5.41, 5.74) is 2.13. The number of amides is 2. The third kappa shape index (κ3) is 5.00. The Kier molecular flexibility index (Phi) is 6.87. The van der Waals surface area contributed by atoms with Gasteiger partial charge in [-0.2, -0.15) is 0 Å². The predicted molar refractivity (Wildman–Crippen MR) is 122 cm³/mol. The Morgan fingerprint density at radius 1 is 1.06 bits per heavy atom. The Morgan fingerprint density at radius 3 is 2.53 bits per heavy atom. The first-order valence-corrected chi connectivity index (χ1v) is 11.1. The lowest BCUT2D eigenvalue weighted by Gasteiger charge is -2.18. The molecule has 0 fully saturated rings. The maximum absolute atomic E-state index is 13.2. The summed E-state index contributed by atoms with van der Waals surface area (Å²) >= 11 is 1.57. The minimum Gasteiger partial charge on any atom is -0.358 e. The lowest BCUT2D eigenvalue weighted by atomic mass is 10.2. The molecule has 2 aromatic carbocycles. The van der Waals surface area contributed by atoms with Gasteiger partial charge in [-0.1, -0.05) is 30.3 Å². The maximum atomic E-state index is 13.2. The monoisotopic (exact) mass is 453 g/mol. The van der Waals surface area contributed by atoms with E-state index in [2.05, 4.69) is 24.5 Å². The number of benzene rings is 2. The minimum absolute atomic E-state index is 0.102. The summed E-state index contributed by atoms with van der Waals surface area (Å²) in [4.78, 5) is 30.1. The van der Waals surface area contributed by atoms with Crippen LogP contribution in [0.1, 0.15) is 16.2 Å². The highest BCUT2D eigenvalue weighted by Crippen LogP contribution is 2.29. The van der Waals surface area contributed by atoms with E-state index in [4.69, 9.17) is 0 Å². The van der Waals surface area contributed by atoms with E-state index in [1.165, 1.54) is 19.2 Å². The van der Waals surface area contributed by atoms with Gasteiger partial charge < -0.3 is 15.2 Å². The summed E-state index contributed by atoms with van der Waals surface area (Å²) < 4.78 is 17.5. The van der Waals surface area contributed by atoms with Gasteiger partial charge in [0.15, 0.2) is 0 Å². The molecule has 2 heterocycles. The van der Waals surface area contributed by atoms with Crippen LogP contribution in [-0.4, -0.2) is 52.4 Å². The molecule has 2 N–H and O–H groups in total. The SMILES string of the molecule is CNC(=O)CNC(=O)c1nc(-c2ccccc2)n2c1CCN(Sc1ccc(F)cc1)CC2. The molecule has 4 rings (SSSR count). The van der Waals surface area contributed by atoms with E-state index in [1.807, 2.05) is 30.3 Å². The van der Waals surface area contributed by atoms with Crippen molar-refractivity contribution in [2.24, 2.45) is 0 Å². The second-order valence-corrected chi connectivity index (χ2v) is 8.50. The minimum atomic E-state index is -0.362. The van der Waals surface area contributed by atoms with Crippen LogP contribution < -0.4 is 10.6 Å². The second kappa shape index (κ2) is 9.97. The summed E-state index contributed by atoms with van der Waals surface area (Å²) in [5.74, 6) is -0.153. The van der Waals surface area contributed by atoms with Crippen LogP contribution in [0, 0.1) is 5.82 Å². The number of rotatable bonds is 6. The highest BCUT2D eigenvalue weighted by atomic mass is 32.2. The average Bonchev–Trinajstić information content (AvgIpc) is 3.07. The summed E-state index contributed by atoms with van der Waals surface area (Å²) in [6.45, 7) is 2.00. The third-order valence-electron chi connectivity index (χ3n) is 5.23. The fraction of sp³-hybridized carbons (Fsp3) is 0.261. The molecule has 9 heteroatoms. The molecule has 2 amide bonds. The zero-order valence-electron chi connectivity index (χ0n) is 17.7. The van der Waals surface area contributed by atoms with Gasteiger partial charge in [0.25, 0.3) is 5.91 Å². The zero-order chi connectivity index (χ0) is 22.5. The first kappa shape index (κ1) is 22.0. The Morgan fingerprint density at radius 2 is 1.81 bits per heavy atom. The van der Waals surface area contributed by atoms with Gasteiger partial charge in [-0.15, -0.1) is 0 Å². The van der Waals surface area contributed by atoms with E-state index >= 15 is 0 Å². The van der Waals surface area contributed by atoms with Crippen LogP contribution in [0.15, 0.2) is 59.5 Å². The third-order valence-corrected chi connectivity index (χ3v) is 6.33. The molecule has 0 atom stereocenters. The van der Waals surface area contributed by atoms with Crippen molar-refractivity contribution in [3.8, 4) is 11.4 Å². The number of fused-ring (bicyclic) bond motifs is 1. The molecule has 0 unspecified atom stereocenters. The molecule has 0 spiro atoms. The van der Waals surface area contributed by atoms with Gasteiger partial charge in [-0.05, 0) is 36.2 Å². The number of carbonyl (C=O) groups is 2. The molecule has 3 aromatic rings. The van der Waals surface area contributed by atoms with Gasteiger partial charge in [0.2, 0.25) is 5.91 Å². The summed E-state index contributed by atoms with van der Waals surface area (Å²) in [6.07, 6.45) is 0.622. The van der Waals surface area contributed by atoms with E-state index in [0.717, 1.165) is 28.5 Å². The van der Waals surface area contributed by atoms with Crippen LogP contribution >= 0.6 is 11.9 Å². The standard InChI is InChI=1S/C23H24FN5O2S/c1-25-20(30)15-26-23(31)21-19-11-12-28(32-18-9-7-17(24)8-10-18)13-14-29(19)22(27-21)16-5-3-2-4-6-16/h2-10H,11-15H2,1H3,(H,25,30)(H,26,31). The first-order valence-electron chi connectivity index (χ1n) is 10.4. The van der Waals surface area contributed by atoms with E-state index in [-0.39, 0.29) is 24.2 Å². The Bertz CT molecular complexity index is 1100. The first-order chi connectivity index (χ1) is 15.5. The Hall–Kier alpha value is -3.17. The molecule has 1 aromatic heterocycles. The van der Waals surface area contributed by atoms with Crippen LogP contribution in [-0.2, 0) is 17.8 Å². The molecule has 0 aliphatic carbocycles. The molecule has 1 aliphatic rings. The number of aromatic nitrogens is 2. The van der Waals surface area contributed by atoms with E-state index in [1.54, 1.807) is 24.1 Å². The molecule has 0 radical (unpaired) electrons. The second-order valence-electron chi connectivity index (χ2n) is 7.33. The smallest absolute Gasteiger partial charge is 0.272 e. The van der Waals surface area contributed by atoms with Crippen molar-refractivity contribution in [2.45, 2.75) is 17.9 Å². The fourth-order valence-electron chi connectivity index (χ4n) is 3.59. The van der Waals surface area contributed by atoms with Crippen molar-refractivity contribution < 1.29 is 14.0 Å². The van der Waals surface area contributed by atoms with Gasteiger partial charge in [-0.25, -0.2) is 13.7 Å². The Labute approximate surface area is 190 Å². The van der Waals surface area contributed by atoms with Crippen molar-refractivity contribution in [2.75, 3.05) is 26.7 Å². The maximum Gasteiger partial charge on any atom is 0.272 e. The van der Waals surface area contributed by atoms with Gasteiger partial charge in [-0.3, -0.25) is 9.59 Å². The number of carbonyl (C=O) groups excluding carboxylic acids is 2. The number of hydrogen-bond acceptors (Lipinski definition) is 5. The molecule has 0 saturated carbocycles. The van der Waals surface area contributed by atoms with Crippen LogP contribution in [0.3, 0.4) is 0 Å². The molecule has 1 aliphatic heterocycles. The zero-order valence-corrected chi connectivity index (χ0v) is 18.5. The van der Waals surface area contributed by atoms with E-state index in [0.29, 0.717) is 25.2 Å². The van der Waals surface area contributed by atoms with Crippen LogP contribution in [0.4, 0.5) is 4.39 Å². The molecule has 0 bridgehead atoms. The van der Waals surface area contributed by atoms with Crippen molar-refractivity contribution >= 4 is 23.8 Å². The van der Waals surface area contributed by atoms with E-state index in [9.17, 15) is 14.0 Å². The van der Waals surface area contributed by atoms with Crippen molar-refractivity contribution in [1.82, 2.24) is 24.5 Å². The number of likely N-dealkylation sites (N-methyl/N-ethyl adjacent to an activating group) is 1. The van der Waals surface area contributed by atoms with Gasteiger partial charge in [0.05, 0.1) is 12.2 Å². The van der Waals surface area contributed by atoms with Crippen molar-refractivity contribution in [1.29, 1.82) is 0 Å². The number of nitrogens with one attached hydrogen (secondary N) is 2. The average molecular weight is 454 g/mol. The van der Waals surface area contributed by atoms with Gasteiger partial charge >= 0.3 is 0 Å². The molecule has 32 heavy (non-hydrogen) atoms. The van der Waals surface area contributed by atoms with Crippen molar-refractivity contribution in [3.63, 3.8) is 0 Å². The van der Waals surface area contributed by atoms with Crippen LogP contribution in [0.5, 0.6) is 0 Å². The molecule has 7 nitrogen and oxygen atoms in total. The summed E-state index contributed by atoms with van der Waals surface area (Å²) in [7, 11) is 1.53. The quantitative estimate of drug-likeness (QED) is 0.561. The molecular formula is C23H24FN5O2S. The topological polar surface area (TPSA) is 79.3 Å². The lowest BCUT2D eigenvalue weighted by Crippen LogP contribution is -2.35. The fourth-order valence-corrected chi connectivity index (χ4v) is 4.50. The molecular weight excluding hydrogens is 429 g/mol. The Balaban J connectivity index is 1.60. The lowest BCUT2D eigenvalue weighted by molar-refractivity contribution is -0.119. The van der Waals surface area contributed by atoms with E-state index < -0.39 is 0 Å². The van der Waals surface area contributed by atoms with Gasteiger partial charge in [0, 0.05) is 43.6 Å². The number of hydrogen-bond donors (Lipinski definition) is 2. The number of imidazole rings is 1. The highest BCUT2D eigenvalue weighted by molar-refractivity contribution is 7.97. The molecule has 166 valence electrons. The predicted octanol–water partition coefficient (Wildman–Crippen LogP) is 2.73. The summed E-state index contributed by atoms with van der Waals surface area (Å²) in [5, 5.41) is 5.16. The highest BCUT2D eigenvalue weighted by Gasteiger charge is 2.26. The summed E-state index contributed by atoms with van der Waals surface area (Å²) in [6, 6.07) is 16.2. The van der Waals surface area contributed by atoms with Crippen molar-refractivity contribution in [3.05, 3.63) is 71.8 Å². The molecule has 0 saturated heterocycles. The largest absolute Gasteiger partial charge is 0.358 e. The van der Waals surface area contributed by atoms with Gasteiger partial charge in [0.1, 0.15) is 17.3 Å². The number of halogens is 1. The number of nitrogens with zero attached hydrogens (tertiary/aromatic N) is 3. The van der Waals surface area contributed by atoms with Crippen LogP contribution in [0.25, 0.3) is 11.4 Å². The van der Waals surface area contributed by atoms with Crippen LogP contribution in [0.2, 0.25) is 0 Å².